The minimum absolute atomic E-state index is 0.0176. The molecule has 0 saturated heterocycles. The highest BCUT2D eigenvalue weighted by Gasteiger charge is 2.26. The molecule has 2 aromatic heterocycles. The van der Waals surface area contributed by atoms with Gasteiger partial charge in [0.05, 0.1) is 12.3 Å². The number of aromatic amines is 1. The molecule has 0 aliphatic rings. The summed E-state index contributed by atoms with van der Waals surface area (Å²) >= 11 is 0. The smallest absolute Gasteiger partial charge is 0.389 e. The number of ether oxygens (including phenoxy) is 1. The number of hydrogen-bond donors (Lipinski definition) is 1. The number of nitrogens with zero attached hydrogens (tertiary/aromatic N) is 4. The van der Waals surface area contributed by atoms with Gasteiger partial charge in [-0.1, -0.05) is 12.1 Å². The van der Waals surface area contributed by atoms with Gasteiger partial charge in [0.25, 0.3) is 0 Å². The lowest BCUT2D eigenvalue weighted by Crippen LogP contribution is -2.09. The van der Waals surface area contributed by atoms with Gasteiger partial charge in [0.2, 0.25) is 0 Å². The molecule has 0 aliphatic carbocycles. The van der Waals surface area contributed by atoms with Crippen molar-refractivity contribution >= 4 is 0 Å². The van der Waals surface area contributed by atoms with Crippen LogP contribution in [0.15, 0.2) is 42.6 Å². The Morgan fingerprint density at radius 3 is 2.63 bits per heavy atom. The Balaban J connectivity index is 1.61. The molecule has 0 fully saturated rings. The van der Waals surface area contributed by atoms with Crippen LogP contribution in [-0.4, -0.2) is 32.8 Å². The first kappa shape index (κ1) is 18.5. The van der Waals surface area contributed by atoms with Crippen molar-refractivity contribution in [3.8, 4) is 23.2 Å². The Kier molecular flexibility index (Phi) is 5.45. The van der Waals surface area contributed by atoms with E-state index in [2.05, 4.69) is 15.4 Å². The monoisotopic (exact) mass is 375 g/mol. The third-order valence-corrected chi connectivity index (χ3v) is 3.88. The van der Waals surface area contributed by atoms with E-state index in [4.69, 9.17) is 10.00 Å². The highest BCUT2D eigenvalue weighted by atomic mass is 19.4. The molecular weight excluding hydrogens is 359 g/mol. The largest absolute Gasteiger partial charge is 0.494 e. The number of alkyl halides is 3. The Labute approximate surface area is 153 Å². The number of nitrogens with one attached hydrogen (secondary N) is 1. The van der Waals surface area contributed by atoms with Gasteiger partial charge in [0.1, 0.15) is 17.5 Å². The summed E-state index contributed by atoms with van der Waals surface area (Å²) in [4.78, 5) is 0. The maximum atomic E-state index is 12.1. The highest BCUT2D eigenvalue weighted by Crippen LogP contribution is 2.23. The Morgan fingerprint density at radius 2 is 1.93 bits per heavy atom. The van der Waals surface area contributed by atoms with Crippen LogP contribution in [0, 0.1) is 11.3 Å². The summed E-state index contributed by atoms with van der Waals surface area (Å²) in [7, 11) is 0. The van der Waals surface area contributed by atoms with Crippen LogP contribution in [0.5, 0.6) is 5.75 Å². The van der Waals surface area contributed by atoms with Gasteiger partial charge in [-0.3, -0.25) is 0 Å². The zero-order valence-corrected chi connectivity index (χ0v) is 14.2. The van der Waals surface area contributed by atoms with Crippen molar-refractivity contribution < 1.29 is 17.9 Å². The fourth-order valence-corrected chi connectivity index (χ4v) is 2.60. The summed E-state index contributed by atoms with van der Waals surface area (Å²) in [5, 5.41) is 19.4. The SMILES string of the molecule is N#Cc1n[nH]nc1-c1cccn1Cc1ccc(OCCCC(F)(F)F)cc1. The maximum Gasteiger partial charge on any atom is 0.389 e. The molecule has 9 heteroatoms. The third kappa shape index (κ3) is 4.88. The van der Waals surface area contributed by atoms with Crippen LogP contribution in [0.2, 0.25) is 0 Å². The minimum Gasteiger partial charge on any atom is -0.494 e. The van der Waals surface area contributed by atoms with Crippen molar-refractivity contribution in [1.29, 1.82) is 5.26 Å². The molecule has 3 rings (SSSR count). The van der Waals surface area contributed by atoms with Crippen LogP contribution in [-0.2, 0) is 6.54 Å². The molecule has 6 nitrogen and oxygen atoms in total. The Hall–Kier alpha value is -3.28. The summed E-state index contributed by atoms with van der Waals surface area (Å²) in [5.74, 6) is 0.525. The van der Waals surface area contributed by atoms with E-state index < -0.39 is 12.6 Å². The van der Waals surface area contributed by atoms with Crippen molar-refractivity contribution in [2.45, 2.75) is 25.6 Å². The molecule has 0 spiro atoms. The lowest BCUT2D eigenvalue weighted by Gasteiger charge is -2.10. The Bertz CT molecular complexity index is 922. The van der Waals surface area contributed by atoms with Crippen molar-refractivity contribution in [3.05, 3.63) is 53.9 Å². The quantitative estimate of drug-likeness (QED) is 0.635. The zero-order chi connectivity index (χ0) is 19.3. The van der Waals surface area contributed by atoms with E-state index in [1.165, 1.54) is 0 Å². The van der Waals surface area contributed by atoms with Crippen LogP contribution >= 0.6 is 0 Å². The molecule has 1 N–H and O–H groups in total. The first-order valence-corrected chi connectivity index (χ1v) is 8.21. The van der Waals surface area contributed by atoms with Crippen LogP contribution in [0.1, 0.15) is 24.1 Å². The average molecular weight is 375 g/mol. The number of hydrogen-bond acceptors (Lipinski definition) is 4. The van der Waals surface area contributed by atoms with Gasteiger partial charge in [0.15, 0.2) is 5.69 Å². The van der Waals surface area contributed by atoms with Crippen LogP contribution in [0.25, 0.3) is 11.4 Å². The van der Waals surface area contributed by atoms with E-state index in [9.17, 15) is 13.2 Å². The number of nitriles is 1. The van der Waals surface area contributed by atoms with E-state index >= 15 is 0 Å². The predicted octanol–water partition coefficient (Wildman–Crippen LogP) is 3.91. The van der Waals surface area contributed by atoms with Crippen LogP contribution in [0.4, 0.5) is 13.2 Å². The summed E-state index contributed by atoms with van der Waals surface area (Å²) in [6.07, 6.45) is -3.21. The highest BCUT2D eigenvalue weighted by molar-refractivity contribution is 5.61. The molecule has 3 aromatic rings. The second-order valence-corrected chi connectivity index (χ2v) is 5.87. The summed E-state index contributed by atoms with van der Waals surface area (Å²) in [5.41, 5.74) is 2.43. The molecule has 0 amide bonds. The van der Waals surface area contributed by atoms with Crippen molar-refractivity contribution in [2.75, 3.05) is 6.61 Å². The van der Waals surface area contributed by atoms with E-state index in [0.29, 0.717) is 18.0 Å². The maximum absolute atomic E-state index is 12.1. The Morgan fingerprint density at radius 1 is 1.15 bits per heavy atom. The molecule has 0 aliphatic heterocycles. The zero-order valence-electron chi connectivity index (χ0n) is 14.2. The molecular formula is C18H16F3N5O. The van der Waals surface area contributed by atoms with Crippen molar-refractivity contribution in [3.63, 3.8) is 0 Å². The second kappa shape index (κ2) is 7.95. The van der Waals surface area contributed by atoms with Gasteiger partial charge in [-0.25, -0.2) is 0 Å². The lowest BCUT2D eigenvalue weighted by atomic mass is 10.2. The average Bonchev–Trinajstić information content (AvgIpc) is 3.27. The van der Waals surface area contributed by atoms with E-state index in [-0.39, 0.29) is 18.7 Å². The van der Waals surface area contributed by atoms with Crippen LogP contribution in [0.3, 0.4) is 0 Å². The molecule has 1 aromatic carbocycles. The number of halogens is 3. The third-order valence-electron chi connectivity index (χ3n) is 3.88. The summed E-state index contributed by atoms with van der Waals surface area (Å²) < 4.78 is 43.6. The van der Waals surface area contributed by atoms with Gasteiger partial charge >= 0.3 is 6.18 Å². The lowest BCUT2D eigenvalue weighted by molar-refractivity contribution is -0.136. The number of benzene rings is 1. The molecule has 0 radical (unpaired) electrons. The standard InChI is InChI=1S/C18H16F3N5O/c19-18(20,21)8-2-10-27-14-6-4-13(5-7-14)12-26-9-1-3-16(26)17-15(11-22)23-25-24-17/h1,3-7,9H,2,8,10,12H2,(H,23,24,25). The van der Waals surface area contributed by atoms with Gasteiger partial charge < -0.3 is 9.30 Å². The first-order chi connectivity index (χ1) is 13.0. The summed E-state index contributed by atoms with van der Waals surface area (Å²) in [6.45, 7) is 0.554. The molecule has 0 atom stereocenters. The molecule has 2 heterocycles. The molecule has 0 saturated carbocycles. The van der Waals surface area contributed by atoms with Crippen LogP contribution < -0.4 is 4.74 Å². The first-order valence-electron chi connectivity index (χ1n) is 8.21. The predicted molar refractivity (Wildman–Crippen MR) is 90.9 cm³/mol. The van der Waals surface area contributed by atoms with E-state index in [0.717, 1.165) is 11.3 Å². The van der Waals surface area contributed by atoms with Crippen molar-refractivity contribution in [2.24, 2.45) is 0 Å². The van der Waals surface area contributed by atoms with Gasteiger partial charge in [-0.2, -0.15) is 28.7 Å². The van der Waals surface area contributed by atoms with Gasteiger partial charge in [-0.05, 0) is 36.2 Å². The normalized spacial score (nSPS) is 11.3. The minimum atomic E-state index is -4.16. The molecule has 140 valence electrons. The summed E-state index contributed by atoms with van der Waals surface area (Å²) in [6, 6.07) is 12.8. The molecule has 0 unspecified atom stereocenters. The van der Waals surface area contributed by atoms with E-state index in [1.807, 2.05) is 41.1 Å². The number of rotatable bonds is 7. The van der Waals surface area contributed by atoms with E-state index in [1.54, 1.807) is 12.1 Å². The second-order valence-electron chi connectivity index (χ2n) is 5.87. The fourth-order valence-electron chi connectivity index (χ4n) is 2.60. The topological polar surface area (TPSA) is 79.5 Å². The van der Waals surface area contributed by atoms with Gasteiger partial charge in [0, 0.05) is 19.2 Å². The number of H-pyrrole nitrogens is 1. The van der Waals surface area contributed by atoms with Gasteiger partial charge in [-0.15, -0.1) is 5.10 Å². The fraction of sp³-hybridized carbons (Fsp3) is 0.278. The van der Waals surface area contributed by atoms with Crippen molar-refractivity contribution in [1.82, 2.24) is 20.0 Å². The molecule has 0 bridgehead atoms. The number of aromatic nitrogens is 4. The molecule has 27 heavy (non-hydrogen) atoms.